The summed E-state index contributed by atoms with van der Waals surface area (Å²) in [5, 5.41) is 14.8. The molecule has 7 heteroatoms. The highest BCUT2D eigenvalue weighted by Crippen LogP contribution is 2.41. The number of benzene rings is 3. The predicted octanol–water partition coefficient (Wildman–Crippen LogP) is 5.48. The fourth-order valence-electron chi connectivity index (χ4n) is 3.68. The Bertz CT molecular complexity index is 1280. The Labute approximate surface area is 184 Å². The van der Waals surface area contributed by atoms with Gasteiger partial charge in [0.1, 0.15) is 5.75 Å². The van der Waals surface area contributed by atoms with Crippen LogP contribution in [0.5, 0.6) is 11.6 Å². The number of nitrogens with one attached hydrogen (secondary N) is 1. The number of methoxy groups -OCH3 is 1. The van der Waals surface area contributed by atoms with Gasteiger partial charge in [-0.2, -0.15) is 4.98 Å². The molecule has 0 bridgehead atoms. The molecule has 0 aliphatic carbocycles. The lowest BCUT2D eigenvalue weighted by atomic mass is 10.0. The van der Waals surface area contributed by atoms with Crippen molar-refractivity contribution >= 4 is 28.2 Å². The summed E-state index contributed by atoms with van der Waals surface area (Å²) in [6.07, 6.45) is 1.34. The van der Waals surface area contributed by atoms with Crippen LogP contribution >= 0.6 is 11.8 Å². The third-order valence-electron chi connectivity index (χ3n) is 5.08. The number of hydrogen-bond acceptors (Lipinski definition) is 7. The van der Waals surface area contributed by atoms with Gasteiger partial charge in [-0.25, -0.2) is 0 Å². The van der Waals surface area contributed by atoms with Crippen molar-refractivity contribution in [2.75, 3.05) is 18.2 Å². The first-order valence-electron chi connectivity index (χ1n) is 9.85. The predicted molar refractivity (Wildman–Crippen MR) is 124 cm³/mol. The van der Waals surface area contributed by atoms with Crippen LogP contribution in [0.3, 0.4) is 0 Å². The molecular weight excluding hydrogens is 408 g/mol. The molecule has 5 rings (SSSR count). The van der Waals surface area contributed by atoms with Crippen LogP contribution in [0.1, 0.15) is 11.8 Å². The van der Waals surface area contributed by atoms with Crippen molar-refractivity contribution in [2.24, 2.45) is 0 Å². The molecule has 1 aromatic heterocycles. The number of anilines is 1. The van der Waals surface area contributed by atoms with E-state index in [0.29, 0.717) is 22.5 Å². The molecule has 1 atom stereocenters. The van der Waals surface area contributed by atoms with Crippen molar-refractivity contribution in [1.29, 1.82) is 0 Å². The van der Waals surface area contributed by atoms with E-state index in [1.54, 1.807) is 7.11 Å². The second-order valence-electron chi connectivity index (χ2n) is 6.94. The van der Waals surface area contributed by atoms with Crippen molar-refractivity contribution in [3.8, 4) is 22.9 Å². The van der Waals surface area contributed by atoms with E-state index in [2.05, 4.69) is 33.1 Å². The van der Waals surface area contributed by atoms with Crippen LogP contribution in [0.4, 0.5) is 5.69 Å². The van der Waals surface area contributed by atoms with Gasteiger partial charge in [0.2, 0.25) is 11.0 Å². The van der Waals surface area contributed by atoms with E-state index in [-0.39, 0.29) is 0 Å². The van der Waals surface area contributed by atoms with E-state index < -0.39 is 6.23 Å². The second kappa shape index (κ2) is 8.28. The van der Waals surface area contributed by atoms with Gasteiger partial charge in [0.05, 0.1) is 7.11 Å². The summed E-state index contributed by atoms with van der Waals surface area (Å²) in [6.45, 7) is 3.75. The Morgan fingerprint density at radius 2 is 1.87 bits per heavy atom. The molecular formula is C24H20N4O2S. The molecule has 2 heterocycles. The minimum absolute atomic E-state index is 0.448. The molecule has 31 heavy (non-hydrogen) atoms. The lowest BCUT2D eigenvalue weighted by molar-refractivity contribution is 0.226. The van der Waals surface area contributed by atoms with Gasteiger partial charge in [0, 0.05) is 28.0 Å². The van der Waals surface area contributed by atoms with Gasteiger partial charge in [-0.15, -0.1) is 16.8 Å². The number of thioether (sulfide) groups is 1. The number of ether oxygens (including phenoxy) is 2. The quantitative estimate of drug-likeness (QED) is 0.333. The van der Waals surface area contributed by atoms with E-state index in [4.69, 9.17) is 9.47 Å². The molecule has 0 fully saturated rings. The minimum Gasteiger partial charge on any atom is -0.496 e. The average molecular weight is 429 g/mol. The number of hydrogen-bond donors (Lipinski definition) is 1. The van der Waals surface area contributed by atoms with Gasteiger partial charge < -0.3 is 14.8 Å². The first-order valence-corrected chi connectivity index (χ1v) is 10.8. The molecule has 1 N–H and O–H groups in total. The third kappa shape index (κ3) is 3.57. The molecule has 1 aliphatic rings. The topological polar surface area (TPSA) is 69.2 Å². The van der Waals surface area contributed by atoms with Crippen LogP contribution < -0.4 is 14.8 Å². The maximum Gasteiger partial charge on any atom is 0.247 e. The molecule has 154 valence electrons. The number of para-hydroxylation sites is 1. The second-order valence-corrected chi connectivity index (χ2v) is 7.93. The highest BCUT2D eigenvalue weighted by Gasteiger charge is 2.27. The van der Waals surface area contributed by atoms with E-state index in [9.17, 15) is 0 Å². The van der Waals surface area contributed by atoms with E-state index >= 15 is 0 Å². The largest absolute Gasteiger partial charge is 0.496 e. The number of rotatable bonds is 5. The zero-order valence-corrected chi connectivity index (χ0v) is 17.7. The summed E-state index contributed by atoms with van der Waals surface area (Å²) >= 11 is 1.47. The van der Waals surface area contributed by atoms with Gasteiger partial charge >= 0.3 is 0 Å². The minimum atomic E-state index is -0.466. The summed E-state index contributed by atoms with van der Waals surface area (Å²) in [5.41, 5.74) is 3.41. The van der Waals surface area contributed by atoms with Crippen LogP contribution in [0.25, 0.3) is 22.0 Å². The maximum atomic E-state index is 6.42. The van der Waals surface area contributed by atoms with Crippen LogP contribution in [0.2, 0.25) is 0 Å². The molecule has 0 saturated carbocycles. The molecule has 0 saturated heterocycles. The number of aromatic nitrogens is 3. The Hall–Kier alpha value is -3.58. The highest BCUT2D eigenvalue weighted by molar-refractivity contribution is 7.99. The van der Waals surface area contributed by atoms with E-state index in [0.717, 1.165) is 33.3 Å². The maximum absolute atomic E-state index is 6.42. The van der Waals surface area contributed by atoms with E-state index in [1.807, 2.05) is 60.7 Å². The normalized spacial score (nSPS) is 14.5. The Kier molecular flexibility index (Phi) is 5.18. The molecule has 0 radical (unpaired) electrons. The zero-order chi connectivity index (χ0) is 21.2. The number of nitrogens with zero attached hydrogens (tertiary/aromatic N) is 3. The molecule has 0 spiro atoms. The van der Waals surface area contributed by atoms with Crippen LogP contribution in [0, 0.1) is 0 Å². The number of fused-ring (bicyclic) bond motifs is 4. The summed E-state index contributed by atoms with van der Waals surface area (Å²) < 4.78 is 12.0. The fraction of sp³-hybridized carbons (Fsp3) is 0.125. The van der Waals surface area contributed by atoms with Gasteiger partial charge in [-0.3, -0.25) is 0 Å². The third-order valence-corrected chi connectivity index (χ3v) is 5.92. The first-order chi connectivity index (χ1) is 15.3. The van der Waals surface area contributed by atoms with E-state index in [1.165, 1.54) is 11.8 Å². The van der Waals surface area contributed by atoms with Gasteiger partial charge in [-0.1, -0.05) is 60.3 Å². The van der Waals surface area contributed by atoms with Crippen molar-refractivity contribution in [2.45, 2.75) is 11.4 Å². The average Bonchev–Trinajstić information content (AvgIpc) is 2.98. The van der Waals surface area contributed by atoms with Crippen molar-refractivity contribution in [1.82, 2.24) is 15.2 Å². The SMILES string of the molecule is C=CCSc1nnc2c(n1)OC(c1ccc(OC)c3ccccc13)Nc1ccccc1-2. The van der Waals surface area contributed by atoms with Crippen LogP contribution in [0.15, 0.2) is 78.5 Å². The molecule has 3 aromatic carbocycles. The lowest BCUT2D eigenvalue weighted by Crippen LogP contribution is -2.17. The summed E-state index contributed by atoms with van der Waals surface area (Å²) in [4.78, 5) is 4.65. The molecule has 1 aliphatic heterocycles. The van der Waals surface area contributed by atoms with Gasteiger partial charge in [-0.05, 0) is 23.6 Å². The smallest absolute Gasteiger partial charge is 0.247 e. The molecule has 4 aromatic rings. The lowest BCUT2D eigenvalue weighted by Gasteiger charge is -2.21. The Morgan fingerprint density at radius 3 is 2.71 bits per heavy atom. The van der Waals surface area contributed by atoms with Crippen molar-refractivity contribution in [3.05, 3.63) is 78.9 Å². The fourth-order valence-corrected chi connectivity index (χ4v) is 4.20. The monoisotopic (exact) mass is 428 g/mol. The summed E-state index contributed by atoms with van der Waals surface area (Å²) in [7, 11) is 1.68. The Balaban J connectivity index is 1.66. The van der Waals surface area contributed by atoms with Crippen molar-refractivity contribution in [3.63, 3.8) is 0 Å². The Morgan fingerprint density at radius 1 is 1.06 bits per heavy atom. The summed E-state index contributed by atoms with van der Waals surface area (Å²) in [6, 6.07) is 20.1. The molecule has 1 unspecified atom stereocenters. The van der Waals surface area contributed by atoms with Crippen LogP contribution in [-0.2, 0) is 0 Å². The first kappa shape index (κ1) is 19.4. The molecule has 6 nitrogen and oxygen atoms in total. The van der Waals surface area contributed by atoms with Crippen LogP contribution in [-0.4, -0.2) is 28.0 Å². The highest BCUT2D eigenvalue weighted by atomic mass is 32.2. The summed E-state index contributed by atoms with van der Waals surface area (Å²) in [5.74, 6) is 1.96. The van der Waals surface area contributed by atoms with Gasteiger partial charge in [0.25, 0.3) is 0 Å². The molecule has 0 amide bonds. The standard InChI is InChI=1S/C24H20N4O2S/c1-3-14-31-24-26-23-21(27-28-24)18-10-6-7-11-19(18)25-22(30-23)17-12-13-20(29-2)16-9-5-4-8-15(16)17/h3-13,22,25H,1,14H2,2H3. The van der Waals surface area contributed by atoms with Crippen molar-refractivity contribution < 1.29 is 9.47 Å². The zero-order valence-electron chi connectivity index (χ0n) is 16.9. The van der Waals surface area contributed by atoms with Gasteiger partial charge in [0.15, 0.2) is 11.9 Å².